The average molecular weight is 379 g/mol. The fraction of sp³-hybridized carbons (Fsp3) is 0.579. The number of rotatable bonds is 7. The van der Waals surface area contributed by atoms with Gasteiger partial charge in [0.1, 0.15) is 11.3 Å². The van der Waals surface area contributed by atoms with Gasteiger partial charge in [-0.15, -0.1) is 11.8 Å². The molecule has 3 rings (SSSR count). The number of nitrogens with two attached hydrogens (primary N) is 1. The lowest BCUT2D eigenvalue weighted by Crippen LogP contribution is -2.60. The molecule has 2 fully saturated rings. The highest BCUT2D eigenvalue weighted by molar-refractivity contribution is 8.00. The molecule has 0 aliphatic heterocycles. The maximum absolute atomic E-state index is 12.2. The molecule has 7 heteroatoms. The molecular weight excluding hydrogens is 354 g/mol. The number of carboxylic acids is 2. The Morgan fingerprint density at radius 3 is 2.42 bits per heavy atom. The van der Waals surface area contributed by atoms with Gasteiger partial charge in [-0.2, -0.15) is 0 Å². The molecule has 2 aliphatic carbocycles. The molecule has 6 unspecified atom stereocenters. The summed E-state index contributed by atoms with van der Waals surface area (Å²) in [5.74, 6) is -2.63. The monoisotopic (exact) mass is 379 g/mol. The third-order valence-corrected chi connectivity index (χ3v) is 7.97. The van der Waals surface area contributed by atoms with E-state index in [-0.39, 0.29) is 17.1 Å². The molecule has 6 atom stereocenters. The van der Waals surface area contributed by atoms with Crippen LogP contribution in [0.25, 0.3) is 0 Å². The number of fused-ring (bicyclic) bond motifs is 1. The zero-order valence-corrected chi connectivity index (χ0v) is 16.0. The van der Waals surface area contributed by atoms with Crippen LogP contribution in [0.1, 0.15) is 26.7 Å². The predicted octanol–water partition coefficient (Wildman–Crippen LogP) is 2.70. The largest absolute Gasteiger partial charge is 0.496 e. The first-order chi connectivity index (χ1) is 12.3. The number of hydrogen-bond donors (Lipinski definition) is 3. The number of benzene rings is 1. The van der Waals surface area contributed by atoms with Crippen LogP contribution in [0, 0.1) is 23.2 Å². The molecule has 0 saturated heterocycles. The lowest BCUT2D eigenvalue weighted by atomic mass is 9.71. The van der Waals surface area contributed by atoms with Gasteiger partial charge in [0.25, 0.3) is 0 Å². The van der Waals surface area contributed by atoms with Gasteiger partial charge in [-0.3, -0.25) is 9.59 Å². The van der Waals surface area contributed by atoms with E-state index in [1.807, 2.05) is 38.1 Å². The quantitative estimate of drug-likeness (QED) is 0.668. The van der Waals surface area contributed by atoms with Crippen molar-refractivity contribution in [2.45, 2.75) is 42.4 Å². The molecule has 0 aromatic heterocycles. The van der Waals surface area contributed by atoms with Gasteiger partial charge < -0.3 is 20.7 Å². The zero-order chi connectivity index (χ0) is 19.3. The van der Waals surface area contributed by atoms with E-state index < -0.39 is 28.8 Å². The van der Waals surface area contributed by atoms with E-state index in [9.17, 15) is 19.8 Å². The molecular formula is C19H25NO5S. The fourth-order valence-corrected chi connectivity index (χ4v) is 7.23. The van der Waals surface area contributed by atoms with Gasteiger partial charge in [-0.05, 0) is 30.9 Å². The van der Waals surface area contributed by atoms with Crippen LogP contribution in [0.5, 0.6) is 5.75 Å². The normalized spacial score (nSPS) is 37.8. The number of thioether (sulfide) groups is 1. The molecule has 6 nitrogen and oxygen atoms in total. The Labute approximate surface area is 157 Å². The van der Waals surface area contributed by atoms with E-state index >= 15 is 0 Å². The van der Waals surface area contributed by atoms with Gasteiger partial charge in [-0.1, -0.05) is 26.0 Å². The summed E-state index contributed by atoms with van der Waals surface area (Å²) in [5, 5.41) is 19.5. The van der Waals surface area contributed by atoms with Crippen LogP contribution in [-0.2, 0) is 9.59 Å². The number of hydrogen-bond acceptors (Lipinski definition) is 5. The highest BCUT2D eigenvalue weighted by Crippen LogP contribution is 2.78. The Morgan fingerprint density at radius 1 is 1.27 bits per heavy atom. The molecule has 0 heterocycles. The van der Waals surface area contributed by atoms with Crippen LogP contribution < -0.4 is 10.5 Å². The first-order valence-corrected chi connectivity index (χ1v) is 9.73. The van der Waals surface area contributed by atoms with Crippen molar-refractivity contribution in [2.24, 2.45) is 28.9 Å². The first-order valence-electron chi connectivity index (χ1n) is 8.85. The molecule has 142 valence electrons. The van der Waals surface area contributed by atoms with Gasteiger partial charge in [0.2, 0.25) is 0 Å². The van der Waals surface area contributed by atoms with E-state index in [0.29, 0.717) is 18.6 Å². The van der Waals surface area contributed by atoms with Gasteiger partial charge in [0.05, 0.1) is 13.0 Å². The van der Waals surface area contributed by atoms with Crippen molar-refractivity contribution in [3.05, 3.63) is 24.3 Å². The third-order valence-electron chi connectivity index (χ3n) is 6.48. The van der Waals surface area contributed by atoms with Gasteiger partial charge in [-0.25, -0.2) is 0 Å². The molecule has 0 bridgehead atoms. The smallest absolute Gasteiger partial charge is 0.324 e. The van der Waals surface area contributed by atoms with Crippen molar-refractivity contribution in [2.75, 3.05) is 7.11 Å². The summed E-state index contributed by atoms with van der Waals surface area (Å²) < 4.78 is 5.41. The second-order valence-corrected chi connectivity index (χ2v) is 8.38. The summed E-state index contributed by atoms with van der Waals surface area (Å²) >= 11 is 1.51. The summed E-state index contributed by atoms with van der Waals surface area (Å²) in [6.45, 7) is 3.78. The molecule has 0 radical (unpaired) electrons. The van der Waals surface area contributed by atoms with Crippen molar-refractivity contribution < 1.29 is 24.5 Å². The number of carbonyl (C=O) groups is 2. The maximum Gasteiger partial charge on any atom is 0.324 e. The van der Waals surface area contributed by atoms with Crippen molar-refractivity contribution in [3.63, 3.8) is 0 Å². The van der Waals surface area contributed by atoms with Crippen LogP contribution >= 0.6 is 11.8 Å². The van der Waals surface area contributed by atoms with E-state index in [1.165, 1.54) is 11.8 Å². The molecule has 26 heavy (non-hydrogen) atoms. The van der Waals surface area contributed by atoms with E-state index in [2.05, 4.69) is 0 Å². The standard InChI is InChI=1S/C19H25NO5S/c1-4-10-15(26-12-9-7-6-8-11(12)25-3)13-14(16(21)22)18(13,5-2)19(10,20)17(23)24/h6-10,13-15H,4-5,20H2,1-3H3,(H,21,22)(H,23,24). The Morgan fingerprint density at radius 2 is 1.92 bits per heavy atom. The highest BCUT2D eigenvalue weighted by Gasteiger charge is 2.86. The summed E-state index contributed by atoms with van der Waals surface area (Å²) in [5.41, 5.74) is 4.09. The zero-order valence-electron chi connectivity index (χ0n) is 15.1. The number of carboxylic acid groups (broad SMARTS) is 2. The summed E-state index contributed by atoms with van der Waals surface area (Å²) in [7, 11) is 1.59. The molecule has 2 aliphatic rings. The van der Waals surface area contributed by atoms with Gasteiger partial charge in [0, 0.05) is 21.5 Å². The minimum atomic E-state index is -1.54. The second-order valence-electron chi connectivity index (χ2n) is 7.16. The lowest BCUT2D eigenvalue weighted by molar-refractivity contribution is -0.150. The fourth-order valence-electron chi connectivity index (χ4n) is 5.39. The van der Waals surface area contributed by atoms with Crippen molar-refractivity contribution in [1.29, 1.82) is 0 Å². The summed E-state index contributed by atoms with van der Waals surface area (Å²) in [4.78, 5) is 25.0. The van der Waals surface area contributed by atoms with Crippen molar-refractivity contribution in [1.82, 2.24) is 0 Å². The molecule has 1 aromatic carbocycles. The van der Waals surface area contributed by atoms with E-state index in [1.54, 1.807) is 7.11 Å². The minimum Gasteiger partial charge on any atom is -0.496 e. The first kappa shape index (κ1) is 19.0. The Hall–Kier alpha value is -1.73. The third kappa shape index (κ3) is 2.23. The molecule has 1 aromatic rings. The number of methoxy groups -OCH3 is 1. The van der Waals surface area contributed by atoms with E-state index in [4.69, 9.17) is 10.5 Å². The maximum atomic E-state index is 12.2. The Balaban J connectivity index is 2.07. The molecule has 0 spiro atoms. The number of ether oxygens (including phenoxy) is 1. The predicted molar refractivity (Wildman–Crippen MR) is 98.3 cm³/mol. The lowest BCUT2D eigenvalue weighted by Gasteiger charge is -2.38. The highest BCUT2D eigenvalue weighted by atomic mass is 32.2. The van der Waals surface area contributed by atoms with Crippen LogP contribution in [0.4, 0.5) is 0 Å². The van der Waals surface area contributed by atoms with Crippen LogP contribution in [0.2, 0.25) is 0 Å². The van der Waals surface area contributed by atoms with Gasteiger partial charge >= 0.3 is 11.9 Å². The van der Waals surface area contributed by atoms with Crippen LogP contribution in [0.15, 0.2) is 29.2 Å². The number of aliphatic carboxylic acids is 2. The van der Waals surface area contributed by atoms with Gasteiger partial charge in [0.15, 0.2) is 0 Å². The van der Waals surface area contributed by atoms with Crippen molar-refractivity contribution in [3.8, 4) is 5.75 Å². The van der Waals surface area contributed by atoms with Crippen LogP contribution in [0.3, 0.4) is 0 Å². The minimum absolute atomic E-state index is 0.182. The van der Waals surface area contributed by atoms with Crippen molar-refractivity contribution >= 4 is 23.7 Å². The summed E-state index contributed by atoms with van der Waals surface area (Å²) in [6, 6.07) is 7.52. The number of para-hydroxylation sites is 1. The Kier molecular flexibility index (Phi) is 4.73. The van der Waals surface area contributed by atoms with Crippen LogP contribution in [-0.4, -0.2) is 40.1 Å². The SMILES string of the molecule is CCC1C(Sc2ccccc2OC)C2C(C(=O)O)C2(CC)C1(N)C(=O)O. The summed E-state index contributed by atoms with van der Waals surface area (Å²) in [6.07, 6.45) is 1.02. The second kappa shape index (κ2) is 6.46. The Bertz CT molecular complexity index is 740. The molecule has 0 amide bonds. The molecule has 4 N–H and O–H groups in total. The van der Waals surface area contributed by atoms with E-state index in [0.717, 1.165) is 4.90 Å². The topological polar surface area (TPSA) is 110 Å². The average Bonchev–Trinajstić information content (AvgIpc) is 3.26. The molecule has 2 saturated carbocycles.